The maximum atomic E-state index is 11.5. The topological polar surface area (TPSA) is 79.5 Å². The van der Waals surface area contributed by atoms with Gasteiger partial charge < -0.3 is 14.5 Å². The summed E-state index contributed by atoms with van der Waals surface area (Å²) in [5.74, 6) is -0.267. The van der Waals surface area contributed by atoms with Gasteiger partial charge in [0.1, 0.15) is 0 Å². The molecule has 1 aromatic heterocycles. The Morgan fingerprint density at radius 2 is 1.86 bits per heavy atom. The molecule has 6 nitrogen and oxygen atoms in total. The van der Waals surface area contributed by atoms with E-state index < -0.39 is 5.97 Å². The highest BCUT2D eigenvalue weighted by molar-refractivity contribution is 5.97. The first kappa shape index (κ1) is 15.0. The number of nitrogens with zero attached hydrogens (tertiary/aromatic N) is 3. The second-order valence-corrected chi connectivity index (χ2v) is 4.83. The molecule has 0 spiro atoms. The van der Waals surface area contributed by atoms with Crippen LogP contribution in [-0.4, -0.2) is 34.3 Å². The molecule has 0 bridgehead atoms. The van der Waals surface area contributed by atoms with Crippen LogP contribution in [-0.2, 0) is 0 Å². The highest BCUT2D eigenvalue weighted by Crippen LogP contribution is 2.29. The minimum Gasteiger partial charge on any atom is -0.478 e. The van der Waals surface area contributed by atoms with Crippen LogP contribution < -0.4 is 4.90 Å². The van der Waals surface area contributed by atoms with E-state index in [1.165, 1.54) is 0 Å². The second-order valence-electron chi connectivity index (χ2n) is 4.83. The molecule has 0 aliphatic carbocycles. The van der Waals surface area contributed by atoms with Crippen LogP contribution in [0, 0.1) is 13.8 Å². The largest absolute Gasteiger partial charge is 0.478 e. The maximum absolute atomic E-state index is 11.5. The van der Waals surface area contributed by atoms with Crippen molar-refractivity contribution in [2.24, 2.45) is 0 Å². The second kappa shape index (κ2) is 5.95. The molecule has 0 amide bonds. The van der Waals surface area contributed by atoms with E-state index in [0.717, 1.165) is 18.7 Å². The molecule has 0 radical (unpaired) electrons. The average Bonchev–Trinajstić information content (AvgIpc) is 2.91. The van der Waals surface area contributed by atoms with Gasteiger partial charge in [0.05, 0.1) is 11.1 Å². The Morgan fingerprint density at radius 3 is 2.43 bits per heavy atom. The summed E-state index contributed by atoms with van der Waals surface area (Å²) in [5, 5.41) is 13.4. The van der Waals surface area contributed by atoms with Crippen molar-refractivity contribution < 1.29 is 14.4 Å². The fourth-order valence-electron chi connectivity index (χ4n) is 2.31. The number of hydrogen-bond acceptors (Lipinski definition) is 5. The summed E-state index contributed by atoms with van der Waals surface area (Å²) >= 11 is 0. The number of hydrogen-bond donors (Lipinski definition) is 1. The van der Waals surface area contributed by atoms with Gasteiger partial charge in [-0.3, -0.25) is 0 Å². The Labute approximate surface area is 123 Å². The van der Waals surface area contributed by atoms with E-state index in [1.807, 2.05) is 31.7 Å². The smallest absolute Gasteiger partial charge is 0.336 e. The number of aryl methyl sites for hydroxylation is 2. The summed E-state index contributed by atoms with van der Waals surface area (Å²) in [6.07, 6.45) is 0. The zero-order valence-electron chi connectivity index (χ0n) is 12.7. The van der Waals surface area contributed by atoms with E-state index in [1.54, 1.807) is 13.0 Å². The Balaban J connectivity index is 2.57. The molecule has 1 aromatic carbocycles. The Hall–Kier alpha value is -2.37. The van der Waals surface area contributed by atoms with E-state index in [2.05, 4.69) is 10.1 Å². The van der Waals surface area contributed by atoms with Gasteiger partial charge in [-0.2, -0.15) is 4.98 Å². The summed E-state index contributed by atoms with van der Waals surface area (Å²) in [4.78, 5) is 17.8. The van der Waals surface area contributed by atoms with Gasteiger partial charge >= 0.3 is 5.97 Å². The number of aromatic carboxylic acids is 1. The molecule has 1 N–H and O–H groups in total. The van der Waals surface area contributed by atoms with Gasteiger partial charge in [0.25, 0.3) is 11.8 Å². The minimum atomic E-state index is -0.992. The summed E-state index contributed by atoms with van der Waals surface area (Å²) in [7, 11) is 0. The van der Waals surface area contributed by atoms with Crippen molar-refractivity contribution in [1.82, 2.24) is 10.1 Å². The number of rotatable bonds is 5. The quantitative estimate of drug-likeness (QED) is 0.911. The molecule has 1 heterocycles. The number of carboxylic acids is 1. The molecule has 0 unspecified atom stereocenters. The molecule has 21 heavy (non-hydrogen) atoms. The standard InChI is InChI=1S/C15H19N3O3/c1-5-18(6-2)15-16-13(21-17-15)11-9(3)7-8-10(4)12(11)14(19)20/h7-8H,5-6H2,1-4H3,(H,19,20). The van der Waals surface area contributed by atoms with Crippen molar-refractivity contribution in [2.75, 3.05) is 18.0 Å². The van der Waals surface area contributed by atoms with Crippen LogP contribution >= 0.6 is 0 Å². The Morgan fingerprint density at radius 1 is 1.24 bits per heavy atom. The van der Waals surface area contributed by atoms with Crippen LogP contribution in [0.2, 0.25) is 0 Å². The number of anilines is 1. The number of carboxylic acid groups (broad SMARTS) is 1. The first-order valence-corrected chi connectivity index (χ1v) is 6.92. The lowest BCUT2D eigenvalue weighted by atomic mass is 9.97. The maximum Gasteiger partial charge on any atom is 0.336 e. The van der Waals surface area contributed by atoms with E-state index in [4.69, 9.17) is 4.52 Å². The van der Waals surface area contributed by atoms with Crippen molar-refractivity contribution in [2.45, 2.75) is 27.7 Å². The molecule has 0 saturated heterocycles. The third-order valence-electron chi connectivity index (χ3n) is 3.51. The fourth-order valence-corrected chi connectivity index (χ4v) is 2.31. The van der Waals surface area contributed by atoms with Crippen LogP contribution in [0.3, 0.4) is 0 Å². The SMILES string of the molecule is CCN(CC)c1noc(-c2c(C)ccc(C)c2C(=O)O)n1. The molecule has 2 rings (SSSR count). The van der Waals surface area contributed by atoms with Crippen molar-refractivity contribution in [3.05, 3.63) is 28.8 Å². The molecular weight excluding hydrogens is 270 g/mol. The molecule has 0 atom stereocenters. The first-order chi connectivity index (χ1) is 9.99. The van der Waals surface area contributed by atoms with Gasteiger partial charge in [-0.05, 0) is 44.0 Å². The summed E-state index contributed by atoms with van der Waals surface area (Å²) in [5.41, 5.74) is 2.18. The lowest BCUT2D eigenvalue weighted by molar-refractivity contribution is 0.0696. The van der Waals surface area contributed by atoms with Gasteiger partial charge in [-0.15, -0.1) is 0 Å². The number of aromatic nitrogens is 2. The summed E-state index contributed by atoms with van der Waals surface area (Å²) in [6.45, 7) is 9.11. The lowest BCUT2D eigenvalue weighted by Crippen LogP contribution is -2.22. The third-order valence-corrected chi connectivity index (χ3v) is 3.51. The fraction of sp³-hybridized carbons (Fsp3) is 0.400. The van der Waals surface area contributed by atoms with Gasteiger partial charge in [0.15, 0.2) is 0 Å². The van der Waals surface area contributed by atoms with Crippen LogP contribution in [0.4, 0.5) is 5.95 Å². The Bertz CT molecular complexity index is 660. The summed E-state index contributed by atoms with van der Waals surface area (Å²) in [6, 6.07) is 3.64. The van der Waals surface area contributed by atoms with Crippen molar-refractivity contribution in [3.63, 3.8) is 0 Å². The van der Waals surface area contributed by atoms with E-state index in [9.17, 15) is 9.90 Å². The third kappa shape index (κ3) is 2.74. The zero-order chi connectivity index (χ0) is 15.6. The van der Waals surface area contributed by atoms with Crippen molar-refractivity contribution >= 4 is 11.9 Å². The molecule has 0 aliphatic heterocycles. The van der Waals surface area contributed by atoms with Crippen molar-refractivity contribution in [3.8, 4) is 11.5 Å². The minimum absolute atomic E-state index is 0.213. The predicted octanol–water partition coefficient (Wildman–Crippen LogP) is 2.90. The Kier molecular flexibility index (Phi) is 4.26. The molecule has 112 valence electrons. The molecule has 2 aromatic rings. The lowest BCUT2D eigenvalue weighted by Gasteiger charge is -2.14. The number of carbonyl (C=O) groups is 1. The number of benzene rings is 1. The predicted molar refractivity (Wildman–Crippen MR) is 79.7 cm³/mol. The highest BCUT2D eigenvalue weighted by Gasteiger charge is 2.22. The van der Waals surface area contributed by atoms with E-state index >= 15 is 0 Å². The van der Waals surface area contributed by atoms with Crippen LogP contribution in [0.25, 0.3) is 11.5 Å². The monoisotopic (exact) mass is 289 g/mol. The van der Waals surface area contributed by atoms with Gasteiger partial charge in [-0.1, -0.05) is 12.1 Å². The van der Waals surface area contributed by atoms with Crippen LogP contribution in [0.5, 0.6) is 0 Å². The first-order valence-electron chi connectivity index (χ1n) is 6.92. The van der Waals surface area contributed by atoms with Crippen LogP contribution in [0.1, 0.15) is 35.3 Å². The van der Waals surface area contributed by atoms with Crippen molar-refractivity contribution in [1.29, 1.82) is 0 Å². The highest BCUT2D eigenvalue weighted by atomic mass is 16.5. The zero-order valence-corrected chi connectivity index (χ0v) is 12.7. The molecular formula is C15H19N3O3. The van der Waals surface area contributed by atoms with Gasteiger partial charge in [-0.25, -0.2) is 4.79 Å². The van der Waals surface area contributed by atoms with E-state index in [0.29, 0.717) is 17.1 Å². The van der Waals surface area contributed by atoms with E-state index in [-0.39, 0.29) is 11.5 Å². The summed E-state index contributed by atoms with van der Waals surface area (Å²) < 4.78 is 5.30. The normalized spacial score (nSPS) is 10.7. The van der Waals surface area contributed by atoms with Crippen LogP contribution in [0.15, 0.2) is 16.7 Å². The molecule has 0 aliphatic rings. The van der Waals surface area contributed by atoms with Gasteiger partial charge in [0.2, 0.25) is 0 Å². The molecule has 0 saturated carbocycles. The molecule has 0 fully saturated rings. The van der Waals surface area contributed by atoms with Gasteiger partial charge in [0, 0.05) is 13.1 Å². The molecule has 6 heteroatoms. The average molecular weight is 289 g/mol.